The normalized spacial score (nSPS) is 17.3. The summed E-state index contributed by atoms with van der Waals surface area (Å²) in [6.07, 6.45) is 5.64. The highest BCUT2D eigenvalue weighted by Crippen LogP contribution is 2.19. The summed E-state index contributed by atoms with van der Waals surface area (Å²) < 4.78 is 27.9. The van der Waals surface area contributed by atoms with E-state index in [-0.39, 0.29) is 22.9 Å². The van der Waals surface area contributed by atoms with Gasteiger partial charge in [-0.3, -0.25) is 9.52 Å². The SMILES string of the molecule is Cc1ccc(NS(=O)(=O)c2ccc(C(=O)N3CCN(C(=O)NC4CCCCC4)CC3)cc2)cc1. The van der Waals surface area contributed by atoms with Crippen molar-refractivity contribution in [2.75, 3.05) is 30.9 Å². The molecule has 2 fully saturated rings. The second-order valence-corrected chi connectivity index (χ2v) is 10.7. The van der Waals surface area contributed by atoms with Crippen molar-refractivity contribution in [2.45, 2.75) is 50.0 Å². The van der Waals surface area contributed by atoms with Crippen molar-refractivity contribution < 1.29 is 18.0 Å². The first-order chi connectivity index (χ1) is 16.3. The third kappa shape index (κ3) is 5.88. The van der Waals surface area contributed by atoms with Crippen molar-refractivity contribution in [3.63, 3.8) is 0 Å². The van der Waals surface area contributed by atoms with E-state index in [9.17, 15) is 18.0 Å². The Bertz CT molecular complexity index is 1100. The predicted octanol–water partition coefficient (Wildman–Crippen LogP) is 3.60. The average Bonchev–Trinajstić information content (AvgIpc) is 2.86. The Kier molecular flexibility index (Phi) is 7.41. The van der Waals surface area contributed by atoms with Gasteiger partial charge in [-0.2, -0.15) is 0 Å². The quantitative estimate of drug-likeness (QED) is 0.677. The fourth-order valence-corrected chi connectivity index (χ4v) is 5.48. The molecular formula is C25H32N4O4S. The summed E-state index contributed by atoms with van der Waals surface area (Å²) in [6.45, 7) is 3.80. The Morgan fingerprint density at radius 2 is 1.41 bits per heavy atom. The van der Waals surface area contributed by atoms with Crippen LogP contribution in [0.15, 0.2) is 53.4 Å². The molecule has 1 saturated carbocycles. The van der Waals surface area contributed by atoms with Crippen LogP contribution in [0.1, 0.15) is 48.0 Å². The first kappa shape index (κ1) is 24.1. The van der Waals surface area contributed by atoms with Gasteiger partial charge in [0.2, 0.25) is 0 Å². The maximum absolute atomic E-state index is 12.9. The number of aryl methyl sites for hydroxylation is 1. The van der Waals surface area contributed by atoms with Gasteiger partial charge in [0.15, 0.2) is 0 Å². The Balaban J connectivity index is 1.31. The largest absolute Gasteiger partial charge is 0.335 e. The van der Waals surface area contributed by atoms with E-state index in [1.807, 2.05) is 19.1 Å². The summed E-state index contributed by atoms with van der Waals surface area (Å²) in [6, 6.07) is 13.3. The van der Waals surface area contributed by atoms with Crippen LogP contribution in [0, 0.1) is 6.92 Å². The highest BCUT2D eigenvalue weighted by Gasteiger charge is 2.27. The van der Waals surface area contributed by atoms with Gasteiger partial charge in [-0.15, -0.1) is 0 Å². The van der Waals surface area contributed by atoms with Crippen LogP contribution in [0.2, 0.25) is 0 Å². The van der Waals surface area contributed by atoms with Crippen molar-refractivity contribution in [1.82, 2.24) is 15.1 Å². The molecule has 8 nitrogen and oxygen atoms in total. The van der Waals surface area contributed by atoms with Gasteiger partial charge < -0.3 is 15.1 Å². The van der Waals surface area contributed by atoms with Gasteiger partial charge in [-0.05, 0) is 56.2 Å². The molecule has 1 aliphatic carbocycles. The molecule has 2 aliphatic rings. The Hall–Kier alpha value is -3.07. The minimum Gasteiger partial charge on any atom is -0.335 e. The van der Waals surface area contributed by atoms with E-state index in [1.165, 1.54) is 30.7 Å². The highest BCUT2D eigenvalue weighted by atomic mass is 32.2. The fraction of sp³-hybridized carbons (Fsp3) is 0.440. The molecule has 0 spiro atoms. The number of urea groups is 1. The Morgan fingerprint density at radius 1 is 0.824 bits per heavy atom. The van der Waals surface area contributed by atoms with Crippen LogP contribution >= 0.6 is 0 Å². The lowest BCUT2D eigenvalue weighted by Crippen LogP contribution is -2.54. The number of piperazine rings is 1. The lowest BCUT2D eigenvalue weighted by molar-refractivity contribution is 0.0662. The fourth-order valence-electron chi connectivity index (χ4n) is 4.42. The van der Waals surface area contributed by atoms with Crippen molar-refractivity contribution in [2.24, 2.45) is 0 Å². The van der Waals surface area contributed by atoms with Gasteiger partial charge in [-0.1, -0.05) is 37.0 Å². The number of sulfonamides is 1. The number of carbonyl (C=O) groups excluding carboxylic acids is 2. The zero-order chi connectivity index (χ0) is 24.1. The lowest BCUT2D eigenvalue weighted by atomic mass is 9.96. The van der Waals surface area contributed by atoms with Crippen LogP contribution < -0.4 is 10.0 Å². The average molecular weight is 485 g/mol. The molecule has 34 heavy (non-hydrogen) atoms. The summed E-state index contributed by atoms with van der Waals surface area (Å²) in [4.78, 5) is 29.0. The molecule has 0 atom stereocenters. The van der Waals surface area contributed by atoms with E-state index in [4.69, 9.17) is 0 Å². The number of benzene rings is 2. The molecule has 0 radical (unpaired) electrons. The Morgan fingerprint density at radius 3 is 2.03 bits per heavy atom. The molecule has 0 unspecified atom stereocenters. The van der Waals surface area contributed by atoms with E-state index in [1.54, 1.807) is 21.9 Å². The van der Waals surface area contributed by atoms with Gasteiger partial charge in [0.05, 0.1) is 4.90 Å². The third-order valence-corrected chi connectivity index (χ3v) is 7.90. The summed E-state index contributed by atoms with van der Waals surface area (Å²) in [5.41, 5.74) is 1.95. The molecule has 9 heteroatoms. The van der Waals surface area contributed by atoms with E-state index in [0.29, 0.717) is 37.4 Å². The monoisotopic (exact) mass is 484 g/mol. The highest BCUT2D eigenvalue weighted by molar-refractivity contribution is 7.92. The zero-order valence-electron chi connectivity index (χ0n) is 19.5. The van der Waals surface area contributed by atoms with Crippen LogP contribution in [0.4, 0.5) is 10.5 Å². The summed E-state index contributed by atoms with van der Waals surface area (Å²) >= 11 is 0. The topological polar surface area (TPSA) is 98.8 Å². The van der Waals surface area contributed by atoms with Gasteiger partial charge in [-0.25, -0.2) is 13.2 Å². The van der Waals surface area contributed by atoms with Crippen molar-refractivity contribution in [3.8, 4) is 0 Å². The smallest absolute Gasteiger partial charge is 0.317 e. The van der Waals surface area contributed by atoms with Crippen LogP contribution in [0.5, 0.6) is 0 Å². The third-order valence-electron chi connectivity index (χ3n) is 6.50. The minimum atomic E-state index is -3.75. The Labute approximate surface area is 201 Å². The van der Waals surface area contributed by atoms with Gasteiger partial charge in [0, 0.05) is 43.5 Å². The molecular weight excluding hydrogens is 452 g/mol. The standard InChI is InChI=1S/C25H32N4O4S/c1-19-7-11-22(12-8-19)27-34(32,33)23-13-9-20(10-14-23)24(30)28-15-17-29(18-16-28)25(31)26-21-5-3-2-4-6-21/h7-14,21,27H,2-6,15-18H2,1H3,(H,26,31). The molecule has 2 N–H and O–H groups in total. The molecule has 2 aromatic rings. The maximum atomic E-state index is 12.9. The number of rotatable bonds is 5. The first-order valence-electron chi connectivity index (χ1n) is 11.9. The predicted molar refractivity (Wildman–Crippen MR) is 131 cm³/mol. The second-order valence-electron chi connectivity index (χ2n) is 9.06. The lowest BCUT2D eigenvalue weighted by Gasteiger charge is -2.36. The molecule has 1 aliphatic heterocycles. The summed E-state index contributed by atoms with van der Waals surface area (Å²) in [5.74, 6) is -0.164. The molecule has 4 rings (SSSR count). The minimum absolute atomic E-state index is 0.0466. The van der Waals surface area contributed by atoms with Gasteiger partial charge in [0.1, 0.15) is 0 Å². The number of hydrogen-bond donors (Lipinski definition) is 2. The van der Waals surface area contributed by atoms with E-state index in [2.05, 4.69) is 10.0 Å². The van der Waals surface area contributed by atoms with Crippen molar-refractivity contribution in [1.29, 1.82) is 0 Å². The zero-order valence-corrected chi connectivity index (χ0v) is 20.3. The van der Waals surface area contributed by atoms with E-state index < -0.39 is 10.0 Å². The van der Waals surface area contributed by atoms with E-state index in [0.717, 1.165) is 31.2 Å². The van der Waals surface area contributed by atoms with Crippen LogP contribution in [-0.4, -0.2) is 62.4 Å². The molecule has 1 saturated heterocycles. The van der Waals surface area contributed by atoms with Crippen LogP contribution in [0.3, 0.4) is 0 Å². The molecule has 2 aromatic carbocycles. The number of nitrogens with zero attached hydrogens (tertiary/aromatic N) is 2. The van der Waals surface area contributed by atoms with E-state index >= 15 is 0 Å². The van der Waals surface area contributed by atoms with Crippen LogP contribution in [-0.2, 0) is 10.0 Å². The van der Waals surface area contributed by atoms with Gasteiger partial charge >= 0.3 is 6.03 Å². The second kappa shape index (κ2) is 10.5. The molecule has 3 amide bonds. The number of nitrogens with one attached hydrogen (secondary N) is 2. The van der Waals surface area contributed by atoms with Crippen LogP contribution in [0.25, 0.3) is 0 Å². The summed E-state index contributed by atoms with van der Waals surface area (Å²) in [5, 5.41) is 3.13. The number of hydrogen-bond acceptors (Lipinski definition) is 4. The molecule has 1 heterocycles. The molecule has 0 aromatic heterocycles. The molecule has 182 valence electrons. The van der Waals surface area contributed by atoms with Crippen molar-refractivity contribution in [3.05, 3.63) is 59.7 Å². The number of anilines is 1. The van der Waals surface area contributed by atoms with Gasteiger partial charge in [0.25, 0.3) is 15.9 Å². The molecule has 0 bridgehead atoms. The van der Waals surface area contributed by atoms with Crippen molar-refractivity contribution >= 4 is 27.6 Å². The first-order valence-corrected chi connectivity index (χ1v) is 13.3. The number of amides is 3. The summed E-state index contributed by atoms with van der Waals surface area (Å²) in [7, 11) is -3.75. The number of carbonyl (C=O) groups is 2. The maximum Gasteiger partial charge on any atom is 0.317 e.